The van der Waals surface area contributed by atoms with Gasteiger partial charge in [0.25, 0.3) is 0 Å². The number of aromatic amines is 1. The number of aromatic nitrogens is 2. The molecule has 0 radical (unpaired) electrons. The molecule has 0 unspecified atom stereocenters. The smallest absolute Gasteiger partial charge is 0.451 e. The zero-order chi connectivity index (χ0) is 16.8. The lowest BCUT2D eigenvalue weighted by atomic mass is 10.2. The lowest BCUT2D eigenvalue weighted by molar-refractivity contribution is -0.153. The van der Waals surface area contributed by atoms with Crippen LogP contribution < -0.4 is 5.69 Å². The molecule has 23 heavy (non-hydrogen) atoms. The second kappa shape index (κ2) is 5.08. The Balaban J connectivity index is 2.24. The molecule has 0 aliphatic heterocycles. The maximum atomic E-state index is 13.0. The minimum Gasteiger partial charge on any atom is -0.493 e. The van der Waals surface area contributed by atoms with E-state index in [1.54, 1.807) is 30.3 Å². The van der Waals surface area contributed by atoms with Crippen molar-refractivity contribution in [1.82, 2.24) is 9.55 Å². The van der Waals surface area contributed by atoms with E-state index in [9.17, 15) is 23.1 Å². The molecule has 5 nitrogen and oxygen atoms in total. The molecule has 0 atom stereocenters. The summed E-state index contributed by atoms with van der Waals surface area (Å²) >= 11 is 0. The van der Waals surface area contributed by atoms with Gasteiger partial charge in [-0.15, -0.1) is 0 Å². The summed E-state index contributed by atoms with van der Waals surface area (Å²) in [5, 5.41) is 10.2. The summed E-state index contributed by atoms with van der Waals surface area (Å²) < 4.78 is 44.3. The Morgan fingerprint density at radius 1 is 1.22 bits per heavy atom. The molecule has 120 valence electrons. The van der Waals surface area contributed by atoms with Gasteiger partial charge in [0.1, 0.15) is 17.1 Å². The number of benzene rings is 1. The van der Waals surface area contributed by atoms with Crippen LogP contribution >= 0.6 is 0 Å². The quantitative estimate of drug-likeness (QED) is 0.758. The first-order valence-corrected chi connectivity index (χ1v) is 6.56. The van der Waals surface area contributed by atoms with Gasteiger partial charge in [0.2, 0.25) is 11.6 Å². The molecule has 2 heterocycles. The van der Waals surface area contributed by atoms with Gasteiger partial charge in [0, 0.05) is 11.6 Å². The van der Waals surface area contributed by atoms with E-state index in [2.05, 4.69) is 9.40 Å². The zero-order valence-electron chi connectivity index (χ0n) is 11.8. The van der Waals surface area contributed by atoms with E-state index >= 15 is 0 Å². The highest BCUT2D eigenvalue weighted by atomic mass is 19.4. The third kappa shape index (κ3) is 2.52. The first-order valence-electron chi connectivity index (χ1n) is 6.56. The van der Waals surface area contributed by atoms with Gasteiger partial charge < -0.3 is 14.5 Å². The number of halogens is 3. The van der Waals surface area contributed by atoms with Crippen molar-refractivity contribution in [3.8, 4) is 22.8 Å². The topological polar surface area (TPSA) is 71.2 Å². The van der Waals surface area contributed by atoms with Crippen LogP contribution in [0.25, 0.3) is 16.9 Å². The monoisotopic (exact) mass is 324 g/mol. The number of aromatic hydroxyl groups is 1. The van der Waals surface area contributed by atoms with Gasteiger partial charge in [-0.1, -0.05) is 30.3 Å². The van der Waals surface area contributed by atoms with Crippen LogP contribution in [0, 0.1) is 6.92 Å². The van der Waals surface area contributed by atoms with Crippen molar-refractivity contribution in [3.63, 3.8) is 0 Å². The molecular weight excluding hydrogens is 313 g/mol. The molecule has 2 aromatic heterocycles. The van der Waals surface area contributed by atoms with Crippen LogP contribution in [0.5, 0.6) is 5.88 Å². The third-order valence-electron chi connectivity index (χ3n) is 3.27. The fourth-order valence-electron chi connectivity index (χ4n) is 2.33. The molecule has 0 saturated carbocycles. The highest BCUT2D eigenvalue weighted by Crippen LogP contribution is 2.38. The Morgan fingerprint density at radius 3 is 2.48 bits per heavy atom. The number of imidazole rings is 1. The molecule has 0 aliphatic rings. The summed E-state index contributed by atoms with van der Waals surface area (Å²) in [4.78, 5) is 14.4. The minimum absolute atomic E-state index is 0.0268. The number of nitrogens with zero attached hydrogens (tertiary/aromatic N) is 1. The Kier molecular flexibility index (Phi) is 3.32. The van der Waals surface area contributed by atoms with Crippen molar-refractivity contribution in [2.45, 2.75) is 13.1 Å². The highest BCUT2D eigenvalue weighted by Gasteiger charge is 2.40. The Labute approximate surface area is 127 Å². The Bertz CT molecular complexity index is 904. The van der Waals surface area contributed by atoms with Gasteiger partial charge in [-0.05, 0) is 6.92 Å². The predicted octanol–water partition coefficient (Wildman–Crippen LogP) is 3.46. The van der Waals surface area contributed by atoms with Gasteiger partial charge in [-0.25, -0.2) is 9.36 Å². The maximum absolute atomic E-state index is 13.0. The molecule has 3 rings (SSSR count). The fraction of sp³-hybridized carbons (Fsp3) is 0.133. The average molecular weight is 324 g/mol. The van der Waals surface area contributed by atoms with E-state index in [1.807, 2.05) is 0 Å². The molecule has 2 N–H and O–H groups in total. The summed E-state index contributed by atoms with van der Waals surface area (Å²) in [5.74, 6) is -1.99. The van der Waals surface area contributed by atoms with Gasteiger partial charge in [0.15, 0.2) is 0 Å². The molecule has 0 fully saturated rings. The van der Waals surface area contributed by atoms with Gasteiger partial charge in [-0.3, -0.25) is 0 Å². The largest absolute Gasteiger partial charge is 0.493 e. The summed E-state index contributed by atoms with van der Waals surface area (Å²) in [5.41, 5.74) is -0.958. The average Bonchev–Trinajstić information content (AvgIpc) is 3.00. The van der Waals surface area contributed by atoms with Crippen LogP contribution in [0.1, 0.15) is 11.5 Å². The number of rotatable bonds is 2. The fourth-order valence-corrected chi connectivity index (χ4v) is 2.33. The molecule has 3 aromatic rings. The van der Waals surface area contributed by atoms with Crippen LogP contribution in [0.15, 0.2) is 45.6 Å². The highest BCUT2D eigenvalue weighted by molar-refractivity contribution is 5.65. The summed E-state index contributed by atoms with van der Waals surface area (Å²) in [6, 6.07) is 9.35. The third-order valence-corrected chi connectivity index (χ3v) is 3.27. The van der Waals surface area contributed by atoms with Crippen molar-refractivity contribution in [2.24, 2.45) is 0 Å². The number of alkyl halides is 3. The van der Waals surface area contributed by atoms with Crippen LogP contribution in [0.2, 0.25) is 0 Å². The number of hydrogen-bond acceptors (Lipinski definition) is 3. The van der Waals surface area contributed by atoms with Crippen molar-refractivity contribution in [2.75, 3.05) is 0 Å². The van der Waals surface area contributed by atoms with E-state index in [0.717, 1.165) is 6.07 Å². The van der Waals surface area contributed by atoms with Crippen LogP contribution in [0.4, 0.5) is 13.2 Å². The molecule has 0 spiro atoms. The number of aryl methyl sites for hydroxylation is 1. The van der Waals surface area contributed by atoms with Crippen LogP contribution in [0.3, 0.4) is 0 Å². The first kappa shape index (κ1) is 15.0. The molecule has 0 saturated heterocycles. The molecule has 0 aliphatic carbocycles. The number of nitrogens with one attached hydrogen (secondary N) is 1. The van der Waals surface area contributed by atoms with E-state index in [1.165, 1.54) is 6.92 Å². The summed E-state index contributed by atoms with van der Waals surface area (Å²) in [6.07, 6.45) is -4.79. The predicted molar refractivity (Wildman–Crippen MR) is 75.5 cm³/mol. The van der Waals surface area contributed by atoms with Crippen LogP contribution in [-0.4, -0.2) is 14.7 Å². The normalized spacial score (nSPS) is 11.8. The molecule has 0 amide bonds. The number of hydrogen-bond donors (Lipinski definition) is 2. The van der Waals surface area contributed by atoms with Crippen molar-refractivity contribution >= 4 is 0 Å². The summed E-state index contributed by atoms with van der Waals surface area (Å²) in [7, 11) is 0. The van der Waals surface area contributed by atoms with E-state index in [0.29, 0.717) is 10.1 Å². The van der Waals surface area contributed by atoms with E-state index in [-0.39, 0.29) is 11.5 Å². The second-order valence-electron chi connectivity index (χ2n) is 4.90. The number of furan rings is 1. The maximum Gasteiger partial charge on any atom is 0.451 e. The van der Waals surface area contributed by atoms with Gasteiger partial charge >= 0.3 is 11.9 Å². The second-order valence-corrected chi connectivity index (χ2v) is 4.90. The molecule has 0 bridgehead atoms. The lowest BCUT2D eigenvalue weighted by Crippen LogP contribution is -2.17. The van der Waals surface area contributed by atoms with Gasteiger partial charge in [0.05, 0.1) is 0 Å². The van der Waals surface area contributed by atoms with E-state index in [4.69, 9.17) is 0 Å². The van der Waals surface area contributed by atoms with Crippen molar-refractivity contribution < 1.29 is 22.7 Å². The SMILES string of the molecule is Cc1cc(-n2c(O)c(-c3ccccc3)[nH]c2=O)c(C(F)(F)F)o1. The van der Waals surface area contributed by atoms with E-state index < -0.39 is 29.2 Å². The summed E-state index contributed by atoms with van der Waals surface area (Å²) in [6.45, 7) is 1.32. The Morgan fingerprint density at radius 2 is 1.87 bits per heavy atom. The lowest BCUT2D eigenvalue weighted by Gasteiger charge is -2.07. The molecular formula is C15H11F3N2O3. The number of H-pyrrole nitrogens is 1. The van der Waals surface area contributed by atoms with Crippen molar-refractivity contribution in [3.05, 3.63) is 58.4 Å². The molecule has 8 heteroatoms. The first-order chi connectivity index (χ1) is 10.8. The zero-order valence-corrected chi connectivity index (χ0v) is 11.8. The molecule has 1 aromatic carbocycles. The van der Waals surface area contributed by atoms with Crippen LogP contribution in [-0.2, 0) is 6.18 Å². The van der Waals surface area contributed by atoms with Gasteiger partial charge in [-0.2, -0.15) is 13.2 Å². The Hall–Kier alpha value is -2.90. The minimum atomic E-state index is -4.79. The van der Waals surface area contributed by atoms with Crippen molar-refractivity contribution in [1.29, 1.82) is 0 Å². The standard InChI is InChI=1S/C15H11F3N2O3/c1-8-7-10(12(23-8)15(16,17)18)20-13(21)11(19-14(20)22)9-5-3-2-4-6-9/h2-7,21H,1H3,(H,19,22).